The number of urea groups is 2. The number of hydrogen-bond acceptors (Lipinski definition) is 2. The van der Waals surface area contributed by atoms with E-state index in [2.05, 4.69) is 21.3 Å². The highest BCUT2D eigenvalue weighted by molar-refractivity contribution is 5.94. The van der Waals surface area contributed by atoms with Gasteiger partial charge >= 0.3 is 18.2 Å². The number of alkyl halides is 3. The van der Waals surface area contributed by atoms with Crippen LogP contribution in [0.3, 0.4) is 0 Å². The van der Waals surface area contributed by atoms with E-state index < -0.39 is 35.9 Å². The lowest BCUT2D eigenvalue weighted by Crippen LogP contribution is -2.43. The Kier molecular flexibility index (Phi) is 8.38. The summed E-state index contributed by atoms with van der Waals surface area (Å²) in [7, 11) is 0. The highest BCUT2D eigenvalue weighted by atomic mass is 19.4. The molecular weight excluding hydrogens is 541 g/mol. The lowest BCUT2D eigenvalue weighted by molar-refractivity contribution is -0.137. The fourth-order valence-corrected chi connectivity index (χ4v) is 4.67. The Bertz CT molecular complexity index is 1660. The van der Waals surface area contributed by atoms with Gasteiger partial charge in [-0.2, -0.15) is 13.2 Å². The Labute approximate surface area is 240 Å². The van der Waals surface area contributed by atoms with E-state index in [9.17, 15) is 22.8 Å². The van der Waals surface area contributed by atoms with Crippen molar-refractivity contribution in [3.63, 3.8) is 0 Å². The number of anilines is 2. The Balaban J connectivity index is 1.39. The number of amides is 4. The van der Waals surface area contributed by atoms with Gasteiger partial charge in [0.2, 0.25) is 0 Å². The minimum Gasteiger partial charge on any atom is -0.329 e. The summed E-state index contributed by atoms with van der Waals surface area (Å²) in [6.07, 6.45) is -4.48. The van der Waals surface area contributed by atoms with E-state index >= 15 is 0 Å². The van der Waals surface area contributed by atoms with Gasteiger partial charge in [0.1, 0.15) is 0 Å². The van der Waals surface area contributed by atoms with Crippen molar-refractivity contribution >= 4 is 34.2 Å². The minimum absolute atomic E-state index is 0.186. The molecule has 2 unspecified atom stereocenters. The Morgan fingerprint density at radius 1 is 0.524 bits per heavy atom. The first-order chi connectivity index (χ1) is 20.3. The topological polar surface area (TPSA) is 82.3 Å². The van der Waals surface area contributed by atoms with Crippen LogP contribution < -0.4 is 21.3 Å². The van der Waals surface area contributed by atoms with Crippen LogP contribution in [0.5, 0.6) is 0 Å². The standard InChI is InChI=1S/C33H27F3N4O2/c34-33(35,36)26-16-19-27(20-17-26)37-31(41)39-29(23-10-3-1-4-11-23)30(24-12-5-2-6-13-24)40-32(42)38-28-18-15-22-9-7-8-14-25(22)21-28/h1-21,29-30H,(H2,37,39,41)(H2,38,40,42). The van der Waals surface area contributed by atoms with Crippen LogP contribution in [-0.4, -0.2) is 12.1 Å². The zero-order valence-corrected chi connectivity index (χ0v) is 22.2. The van der Waals surface area contributed by atoms with Crippen molar-refractivity contribution in [1.82, 2.24) is 10.6 Å². The van der Waals surface area contributed by atoms with E-state index in [1.54, 1.807) is 0 Å². The second-order valence-corrected chi connectivity index (χ2v) is 9.61. The summed E-state index contributed by atoms with van der Waals surface area (Å²) < 4.78 is 38.9. The minimum atomic E-state index is -4.48. The predicted octanol–water partition coefficient (Wildman–Crippen LogP) is 8.28. The van der Waals surface area contributed by atoms with Gasteiger partial charge in [0.15, 0.2) is 0 Å². The van der Waals surface area contributed by atoms with Gasteiger partial charge in [0.05, 0.1) is 17.6 Å². The number of carbonyl (C=O) groups excluding carboxylic acids is 2. The summed E-state index contributed by atoms with van der Waals surface area (Å²) in [4.78, 5) is 26.5. The molecule has 6 nitrogen and oxygen atoms in total. The summed E-state index contributed by atoms with van der Waals surface area (Å²) in [5.41, 5.74) is 1.41. The highest BCUT2D eigenvalue weighted by Crippen LogP contribution is 2.31. The van der Waals surface area contributed by atoms with E-state index in [1.165, 1.54) is 12.1 Å². The molecule has 0 spiro atoms. The normalized spacial score (nSPS) is 12.6. The van der Waals surface area contributed by atoms with Crippen molar-refractivity contribution in [3.05, 3.63) is 144 Å². The molecule has 0 aromatic heterocycles. The molecule has 2 atom stereocenters. The average molecular weight is 569 g/mol. The van der Waals surface area contributed by atoms with Gasteiger partial charge in [0.25, 0.3) is 0 Å². The third-order valence-corrected chi connectivity index (χ3v) is 6.70. The van der Waals surface area contributed by atoms with Crippen LogP contribution in [0.1, 0.15) is 28.8 Å². The molecular formula is C33H27F3N4O2. The number of benzene rings is 5. The monoisotopic (exact) mass is 568 g/mol. The van der Waals surface area contributed by atoms with E-state index in [0.717, 1.165) is 28.5 Å². The number of carbonyl (C=O) groups is 2. The lowest BCUT2D eigenvalue weighted by Gasteiger charge is -2.30. The van der Waals surface area contributed by atoms with Crippen LogP contribution in [-0.2, 0) is 6.18 Å². The van der Waals surface area contributed by atoms with E-state index in [1.807, 2.05) is 103 Å². The molecule has 0 aliphatic rings. The predicted molar refractivity (Wildman–Crippen MR) is 158 cm³/mol. The van der Waals surface area contributed by atoms with Crippen LogP contribution in [0.4, 0.5) is 34.1 Å². The van der Waals surface area contributed by atoms with Crippen molar-refractivity contribution in [3.8, 4) is 0 Å². The maximum atomic E-state index is 13.3. The quantitative estimate of drug-likeness (QED) is 0.159. The smallest absolute Gasteiger partial charge is 0.329 e. The number of rotatable bonds is 7. The zero-order chi connectivity index (χ0) is 29.5. The lowest BCUT2D eigenvalue weighted by atomic mass is 9.93. The molecule has 0 fully saturated rings. The van der Waals surface area contributed by atoms with E-state index in [-0.39, 0.29) is 5.69 Å². The molecule has 0 saturated heterocycles. The molecule has 4 N–H and O–H groups in total. The third-order valence-electron chi connectivity index (χ3n) is 6.70. The van der Waals surface area contributed by atoms with Crippen molar-refractivity contribution in [2.45, 2.75) is 18.3 Å². The van der Waals surface area contributed by atoms with Gasteiger partial charge in [-0.1, -0.05) is 91.0 Å². The molecule has 5 rings (SSSR count). The Hall–Kier alpha value is -5.31. The molecule has 0 aliphatic heterocycles. The van der Waals surface area contributed by atoms with Crippen LogP contribution in [0.2, 0.25) is 0 Å². The molecule has 0 saturated carbocycles. The van der Waals surface area contributed by atoms with Crippen molar-refractivity contribution in [1.29, 1.82) is 0 Å². The summed E-state index contributed by atoms with van der Waals surface area (Å²) in [6.45, 7) is 0. The highest BCUT2D eigenvalue weighted by Gasteiger charge is 2.31. The molecule has 0 radical (unpaired) electrons. The van der Waals surface area contributed by atoms with Gasteiger partial charge in [-0.25, -0.2) is 9.59 Å². The van der Waals surface area contributed by atoms with Gasteiger partial charge in [-0.15, -0.1) is 0 Å². The van der Waals surface area contributed by atoms with Crippen LogP contribution in [0, 0.1) is 0 Å². The number of halogens is 3. The Morgan fingerprint density at radius 3 is 1.50 bits per heavy atom. The summed E-state index contributed by atoms with van der Waals surface area (Å²) in [6, 6.07) is 33.3. The maximum absolute atomic E-state index is 13.3. The van der Waals surface area contributed by atoms with Crippen molar-refractivity contribution < 1.29 is 22.8 Å². The fourth-order valence-electron chi connectivity index (χ4n) is 4.67. The Morgan fingerprint density at radius 2 is 0.976 bits per heavy atom. The summed E-state index contributed by atoms with van der Waals surface area (Å²) in [5, 5.41) is 13.4. The van der Waals surface area contributed by atoms with E-state index in [0.29, 0.717) is 11.3 Å². The average Bonchev–Trinajstić information content (AvgIpc) is 2.99. The van der Waals surface area contributed by atoms with Crippen LogP contribution >= 0.6 is 0 Å². The van der Waals surface area contributed by atoms with Gasteiger partial charge in [0, 0.05) is 11.4 Å². The first-order valence-electron chi connectivity index (χ1n) is 13.2. The first-order valence-corrected chi connectivity index (χ1v) is 13.2. The maximum Gasteiger partial charge on any atom is 0.416 e. The molecule has 0 heterocycles. The van der Waals surface area contributed by atoms with E-state index in [4.69, 9.17) is 0 Å². The largest absolute Gasteiger partial charge is 0.416 e. The zero-order valence-electron chi connectivity index (χ0n) is 22.2. The molecule has 5 aromatic carbocycles. The van der Waals surface area contributed by atoms with Gasteiger partial charge in [-0.05, 0) is 58.3 Å². The molecule has 212 valence electrons. The number of hydrogen-bond donors (Lipinski definition) is 4. The molecule has 9 heteroatoms. The molecule has 5 aromatic rings. The molecule has 42 heavy (non-hydrogen) atoms. The fraction of sp³-hybridized carbons (Fsp3) is 0.0909. The number of nitrogens with one attached hydrogen (secondary N) is 4. The van der Waals surface area contributed by atoms with Gasteiger partial charge < -0.3 is 21.3 Å². The van der Waals surface area contributed by atoms with Gasteiger partial charge in [-0.3, -0.25) is 0 Å². The van der Waals surface area contributed by atoms with Crippen LogP contribution in [0.15, 0.2) is 127 Å². The second-order valence-electron chi connectivity index (χ2n) is 9.61. The van der Waals surface area contributed by atoms with Crippen molar-refractivity contribution in [2.75, 3.05) is 10.6 Å². The summed E-state index contributed by atoms with van der Waals surface area (Å²) >= 11 is 0. The SMILES string of the molecule is O=C(Nc1ccc(C(F)(F)F)cc1)NC(c1ccccc1)C(NC(=O)Nc1ccc2ccccc2c1)c1ccccc1. The molecule has 4 amide bonds. The third kappa shape index (κ3) is 7.06. The molecule has 0 aliphatic carbocycles. The number of fused-ring (bicyclic) bond motifs is 1. The van der Waals surface area contributed by atoms with Crippen molar-refractivity contribution in [2.24, 2.45) is 0 Å². The second kappa shape index (κ2) is 12.5. The summed E-state index contributed by atoms with van der Waals surface area (Å²) in [5.74, 6) is 0. The first kappa shape index (κ1) is 28.2. The molecule has 0 bridgehead atoms. The van der Waals surface area contributed by atoms with Crippen LogP contribution in [0.25, 0.3) is 10.8 Å².